The van der Waals surface area contributed by atoms with E-state index in [1.54, 1.807) is 0 Å². The molecule has 1 aliphatic rings. The van der Waals surface area contributed by atoms with Crippen molar-refractivity contribution in [2.24, 2.45) is 11.5 Å². The van der Waals surface area contributed by atoms with Gasteiger partial charge in [0, 0.05) is 0 Å². The molecule has 1 fully saturated rings. The van der Waals surface area contributed by atoms with Gasteiger partial charge >= 0.3 is 0 Å². The second kappa shape index (κ2) is 12.7. The molecule has 13 nitrogen and oxygen atoms in total. The van der Waals surface area contributed by atoms with Gasteiger partial charge in [0.05, 0.1) is 19.3 Å². The van der Waals surface area contributed by atoms with E-state index in [1.165, 1.54) is 0 Å². The van der Waals surface area contributed by atoms with Crippen LogP contribution >= 0.6 is 12.4 Å². The first-order chi connectivity index (χ1) is 11.5. The lowest BCUT2D eigenvalue weighted by Crippen LogP contribution is -2.61. The standard InChI is InChI=1S/C6H13NO6.C6H13NO5.ClH/c7-6(13)5(12)4(11)3(10)2(9)1-8;7-3-5(10)4(9)2(1-8)12-6(3)11;/h2-5,8-12H,1H2,(H2,7,13);2-6,8-11H,1,7H2;1H/t;2-,3-,4-,5-,6?;/m.1./s1. The smallest absolute Gasteiger partial charge is 0.249 e. The van der Waals surface area contributed by atoms with E-state index in [4.69, 9.17) is 46.2 Å². The van der Waals surface area contributed by atoms with Crippen LogP contribution in [0.15, 0.2) is 0 Å². The minimum absolute atomic E-state index is 0. The van der Waals surface area contributed by atoms with Crippen LogP contribution in [-0.4, -0.2) is 120 Å². The Balaban J connectivity index is 0. The molecule has 1 aliphatic heterocycles. The minimum Gasteiger partial charge on any atom is -0.394 e. The molecule has 0 aliphatic carbocycles. The van der Waals surface area contributed by atoms with Gasteiger partial charge in [-0.2, -0.15) is 0 Å². The lowest BCUT2D eigenvalue weighted by molar-refractivity contribution is -0.248. The molecular weight excluding hydrogens is 384 g/mol. The Morgan fingerprint density at radius 1 is 1.00 bits per heavy atom. The van der Waals surface area contributed by atoms with Gasteiger partial charge in [-0.3, -0.25) is 4.79 Å². The van der Waals surface area contributed by atoms with Crippen LogP contribution in [0.5, 0.6) is 0 Å². The molecule has 1 rings (SSSR count). The highest BCUT2D eigenvalue weighted by atomic mass is 35.5. The first kappa shape index (κ1) is 27.5. The van der Waals surface area contributed by atoms with Crippen LogP contribution < -0.4 is 11.5 Å². The van der Waals surface area contributed by atoms with Crippen molar-refractivity contribution in [1.82, 2.24) is 0 Å². The molecule has 0 aromatic carbocycles. The van der Waals surface area contributed by atoms with E-state index in [9.17, 15) is 15.0 Å². The number of primary amides is 1. The van der Waals surface area contributed by atoms with Crippen molar-refractivity contribution in [3.8, 4) is 0 Å². The van der Waals surface area contributed by atoms with Gasteiger partial charge < -0.3 is 62.2 Å². The van der Waals surface area contributed by atoms with Crippen molar-refractivity contribution >= 4 is 18.3 Å². The molecule has 0 radical (unpaired) electrons. The molecule has 13 N–H and O–H groups in total. The minimum atomic E-state index is -1.98. The molecule has 9 atom stereocenters. The summed E-state index contributed by atoms with van der Waals surface area (Å²) >= 11 is 0. The molecule has 0 bridgehead atoms. The fourth-order valence-electron chi connectivity index (χ4n) is 1.81. The maximum atomic E-state index is 10.3. The van der Waals surface area contributed by atoms with Crippen LogP contribution in [0.2, 0.25) is 0 Å². The molecule has 0 aromatic rings. The average molecular weight is 411 g/mol. The molecule has 158 valence electrons. The zero-order valence-corrected chi connectivity index (χ0v) is 14.3. The summed E-state index contributed by atoms with van der Waals surface area (Å²) in [6.07, 6.45) is -12.2. The zero-order chi connectivity index (χ0) is 19.9. The Bertz CT molecular complexity index is 403. The molecule has 5 unspecified atom stereocenters. The summed E-state index contributed by atoms with van der Waals surface area (Å²) in [7, 11) is 0. The molecular formula is C12H27ClN2O11. The van der Waals surface area contributed by atoms with E-state index in [-0.39, 0.29) is 12.4 Å². The van der Waals surface area contributed by atoms with Gasteiger partial charge in [-0.25, -0.2) is 0 Å². The normalized spacial score (nSPS) is 32.9. The van der Waals surface area contributed by atoms with Gasteiger partial charge in [0.2, 0.25) is 5.91 Å². The summed E-state index contributed by atoms with van der Waals surface area (Å²) in [5.41, 5.74) is 9.87. The van der Waals surface area contributed by atoms with Crippen LogP contribution in [0.1, 0.15) is 0 Å². The maximum absolute atomic E-state index is 10.3. The first-order valence-electron chi connectivity index (χ1n) is 7.18. The topological polar surface area (TPSA) is 260 Å². The Morgan fingerprint density at radius 2 is 1.50 bits per heavy atom. The highest BCUT2D eigenvalue weighted by Gasteiger charge is 2.41. The summed E-state index contributed by atoms with van der Waals surface area (Å²) < 4.78 is 4.70. The molecule has 1 heterocycles. The second-order valence-corrected chi connectivity index (χ2v) is 5.38. The van der Waals surface area contributed by atoms with Crippen molar-refractivity contribution in [2.45, 2.75) is 55.1 Å². The van der Waals surface area contributed by atoms with Crippen LogP contribution in [0.3, 0.4) is 0 Å². The number of amides is 1. The van der Waals surface area contributed by atoms with E-state index in [2.05, 4.69) is 5.73 Å². The third kappa shape index (κ3) is 7.51. The van der Waals surface area contributed by atoms with E-state index in [0.29, 0.717) is 0 Å². The molecule has 14 heteroatoms. The number of rotatable bonds is 6. The molecule has 0 saturated carbocycles. The van der Waals surface area contributed by atoms with Gasteiger partial charge in [-0.15, -0.1) is 12.4 Å². The number of ether oxygens (including phenoxy) is 1. The Hall–Kier alpha value is -0.680. The fourth-order valence-corrected chi connectivity index (χ4v) is 1.81. The van der Waals surface area contributed by atoms with E-state index < -0.39 is 74.2 Å². The van der Waals surface area contributed by atoms with Crippen molar-refractivity contribution < 1.29 is 55.5 Å². The highest BCUT2D eigenvalue weighted by molar-refractivity contribution is 5.85. The average Bonchev–Trinajstić information content (AvgIpc) is 2.60. The van der Waals surface area contributed by atoms with Crippen molar-refractivity contribution in [3.63, 3.8) is 0 Å². The zero-order valence-electron chi connectivity index (χ0n) is 13.5. The molecule has 1 saturated heterocycles. The van der Waals surface area contributed by atoms with Crippen LogP contribution in [0.25, 0.3) is 0 Å². The number of aliphatic hydroxyl groups is 9. The second-order valence-electron chi connectivity index (χ2n) is 5.38. The quantitative estimate of drug-likeness (QED) is 0.195. The SMILES string of the molecule is Cl.NC(=O)C(O)C(O)C(O)C(O)CO.N[C@H]1C(O)O[C@H](CO)[C@@H](O)[C@@H]1O. The summed E-state index contributed by atoms with van der Waals surface area (Å²) in [5, 5.41) is 80.0. The van der Waals surface area contributed by atoms with Gasteiger partial charge in [0.15, 0.2) is 12.4 Å². The number of aliphatic hydroxyl groups excluding tert-OH is 9. The monoisotopic (exact) mass is 410 g/mol. The lowest BCUT2D eigenvalue weighted by Gasteiger charge is -2.38. The molecule has 1 amide bonds. The number of nitrogens with two attached hydrogens (primary N) is 2. The van der Waals surface area contributed by atoms with Gasteiger partial charge in [-0.1, -0.05) is 0 Å². The van der Waals surface area contributed by atoms with Gasteiger partial charge in [0.1, 0.15) is 36.6 Å². The van der Waals surface area contributed by atoms with Crippen LogP contribution in [0, 0.1) is 0 Å². The van der Waals surface area contributed by atoms with Crippen molar-refractivity contribution in [2.75, 3.05) is 13.2 Å². The van der Waals surface area contributed by atoms with Gasteiger partial charge in [0.25, 0.3) is 0 Å². The molecule has 0 aromatic heterocycles. The van der Waals surface area contributed by atoms with E-state index in [1.807, 2.05) is 0 Å². The number of hydrogen-bond acceptors (Lipinski definition) is 12. The largest absolute Gasteiger partial charge is 0.394 e. The third-order valence-corrected chi connectivity index (χ3v) is 3.49. The number of halogens is 1. The number of carbonyl (C=O) groups is 1. The summed E-state index contributed by atoms with van der Waals surface area (Å²) in [6, 6.07) is -1.04. The lowest BCUT2D eigenvalue weighted by atomic mass is 9.98. The fraction of sp³-hybridized carbons (Fsp3) is 0.917. The summed E-state index contributed by atoms with van der Waals surface area (Å²) in [4.78, 5) is 10.3. The van der Waals surface area contributed by atoms with Crippen molar-refractivity contribution in [1.29, 1.82) is 0 Å². The summed E-state index contributed by atoms with van der Waals surface area (Å²) in [6.45, 7) is -1.27. The van der Waals surface area contributed by atoms with Crippen LogP contribution in [0.4, 0.5) is 0 Å². The number of hydrogen-bond donors (Lipinski definition) is 11. The van der Waals surface area contributed by atoms with Crippen molar-refractivity contribution in [3.05, 3.63) is 0 Å². The highest BCUT2D eigenvalue weighted by Crippen LogP contribution is 2.17. The first-order valence-corrected chi connectivity index (χ1v) is 7.18. The van der Waals surface area contributed by atoms with E-state index in [0.717, 1.165) is 0 Å². The summed E-state index contributed by atoms with van der Waals surface area (Å²) in [5.74, 6) is -1.23. The Morgan fingerprint density at radius 3 is 1.88 bits per heavy atom. The number of carbonyl (C=O) groups excluding carboxylic acids is 1. The Kier molecular flexibility index (Phi) is 13.4. The predicted octanol–water partition coefficient (Wildman–Crippen LogP) is -6.93. The third-order valence-electron chi connectivity index (χ3n) is 3.49. The van der Waals surface area contributed by atoms with Gasteiger partial charge in [-0.05, 0) is 0 Å². The maximum Gasteiger partial charge on any atom is 0.249 e. The van der Waals surface area contributed by atoms with Crippen LogP contribution in [-0.2, 0) is 9.53 Å². The molecule has 0 spiro atoms. The van der Waals surface area contributed by atoms with E-state index >= 15 is 0 Å². The molecule has 26 heavy (non-hydrogen) atoms. The Labute approximate surface area is 154 Å². The predicted molar refractivity (Wildman–Crippen MR) is 85.5 cm³/mol.